The number of fused-ring (bicyclic) bond motifs is 3. The van der Waals surface area contributed by atoms with Gasteiger partial charge in [-0.3, -0.25) is 4.99 Å². The number of nitrogens with zero attached hydrogens (tertiary/aromatic N) is 3. The van der Waals surface area contributed by atoms with Crippen LogP contribution in [-0.2, 0) is 6.54 Å². The minimum absolute atomic E-state index is 0.497. The molecule has 1 aliphatic heterocycles. The third-order valence-electron chi connectivity index (χ3n) is 4.05. The molecule has 3 nitrogen and oxygen atoms in total. The summed E-state index contributed by atoms with van der Waals surface area (Å²) < 4.78 is 0. The van der Waals surface area contributed by atoms with E-state index in [4.69, 9.17) is 33.2 Å². The monoisotopic (exact) mass is 385 g/mol. The van der Waals surface area contributed by atoms with Crippen molar-refractivity contribution < 1.29 is 0 Å². The van der Waals surface area contributed by atoms with Crippen LogP contribution in [0.4, 0.5) is 0 Å². The van der Waals surface area contributed by atoms with Gasteiger partial charge in [-0.05, 0) is 24.5 Å². The summed E-state index contributed by atoms with van der Waals surface area (Å²) in [6.07, 6.45) is 3.82. The number of halogens is 2. The van der Waals surface area contributed by atoms with Gasteiger partial charge in [0.2, 0.25) is 0 Å². The summed E-state index contributed by atoms with van der Waals surface area (Å²) in [4.78, 5) is 13.9. The average Bonchev–Trinajstić information content (AvgIpc) is 2.78. The van der Waals surface area contributed by atoms with E-state index in [1.54, 1.807) is 0 Å². The topological polar surface area (TPSA) is 38.1 Å². The van der Waals surface area contributed by atoms with Crippen molar-refractivity contribution in [1.82, 2.24) is 9.97 Å². The fourth-order valence-electron chi connectivity index (χ4n) is 2.89. The van der Waals surface area contributed by atoms with Crippen molar-refractivity contribution in [2.24, 2.45) is 4.99 Å². The summed E-state index contributed by atoms with van der Waals surface area (Å²) in [6, 6.07) is 13.5. The highest BCUT2D eigenvalue weighted by Crippen LogP contribution is 2.34. The lowest BCUT2D eigenvalue weighted by Gasteiger charge is -2.12. The molecule has 0 saturated carbocycles. The number of thioether (sulfide) groups is 1. The van der Waals surface area contributed by atoms with Crippen LogP contribution < -0.4 is 0 Å². The molecular weight excluding hydrogens is 373 g/mol. The molecule has 0 atom stereocenters. The molecule has 0 spiro atoms. The highest BCUT2D eigenvalue weighted by Gasteiger charge is 2.22. The Balaban J connectivity index is 2.00. The summed E-state index contributed by atoms with van der Waals surface area (Å²) in [6.45, 7) is 0.497. The molecule has 0 aliphatic carbocycles. The number of hydrogen-bond donors (Lipinski definition) is 0. The fourth-order valence-corrected chi connectivity index (χ4v) is 3.63. The smallest absolute Gasteiger partial charge is 0.187 e. The van der Waals surface area contributed by atoms with Gasteiger partial charge in [0.15, 0.2) is 5.16 Å². The molecule has 3 aromatic rings. The molecule has 0 bridgehead atoms. The molecule has 124 valence electrons. The zero-order valence-corrected chi connectivity index (χ0v) is 15.7. The number of aliphatic imine (C=N–C) groups is 1. The highest BCUT2D eigenvalue weighted by molar-refractivity contribution is 7.98. The van der Waals surface area contributed by atoms with Crippen molar-refractivity contribution in [2.45, 2.75) is 11.7 Å². The molecule has 4 rings (SSSR count). The van der Waals surface area contributed by atoms with Gasteiger partial charge >= 0.3 is 0 Å². The number of rotatable bonds is 2. The molecule has 0 unspecified atom stereocenters. The van der Waals surface area contributed by atoms with E-state index in [9.17, 15) is 0 Å². The van der Waals surface area contributed by atoms with E-state index in [0.29, 0.717) is 16.6 Å². The first kappa shape index (κ1) is 16.6. The second-order valence-corrected chi connectivity index (χ2v) is 7.18. The first-order valence-electron chi connectivity index (χ1n) is 7.67. The maximum atomic E-state index is 6.43. The zero-order valence-electron chi connectivity index (χ0n) is 13.3. The van der Waals surface area contributed by atoms with Crippen LogP contribution in [0.25, 0.3) is 11.3 Å². The van der Waals surface area contributed by atoms with Crippen molar-refractivity contribution in [3.63, 3.8) is 0 Å². The Hall–Kier alpha value is -1.88. The van der Waals surface area contributed by atoms with Crippen molar-refractivity contribution >= 4 is 40.7 Å². The van der Waals surface area contributed by atoms with Crippen LogP contribution in [0, 0.1) is 0 Å². The summed E-state index contributed by atoms with van der Waals surface area (Å²) >= 11 is 14.2. The first-order chi connectivity index (χ1) is 12.2. The lowest BCUT2D eigenvalue weighted by atomic mass is 9.95. The molecule has 1 aliphatic rings. The molecule has 1 aromatic heterocycles. The molecule has 2 heterocycles. The van der Waals surface area contributed by atoms with E-state index in [1.807, 2.05) is 54.9 Å². The van der Waals surface area contributed by atoms with Gasteiger partial charge in [-0.15, -0.1) is 0 Å². The lowest BCUT2D eigenvalue weighted by Crippen LogP contribution is -2.05. The minimum atomic E-state index is 0.497. The van der Waals surface area contributed by atoms with E-state index in [2.05, 4.69) is 4.98 Å². The van der Waals surface area contributed by atoms with E-state index in [0.717, 1.165) is 38.8 Å². The molecule has 0 N–H and O–H groups in total. The quantitative estimate of drug-likeness (QED) is 0.430. The number of benzene rings is 2. The molecule has 0 amide bonds. The van der Waals surface area contributed by atoms with Gasteiger partial charge in [0, 0.05) is 38.5 Å². The molecule has 6 heteroatoms. The summed E-state index contributed by atoms with van der Waals surface area (Å²) in [5.74, 6) is 0. The second kappa shape index (κ2) is 6.79. The van der Waals surface area contributed by atoms with Gasteiger partial charge < -0.3 is 0 Å². The van der Waals surface area contributed by atoms with Crippen LogP contribution in [0.1, 0.15) is 16.7 Å². The summed E-state index contributed by atoms with van der Waals surface area (Å²) in [7, 11) is 0. The summed E-state index contributed by atoms with van der Waals surface area (Å²) in [5, 5.41) is 2.05. The minimum Gasteiger partial charge on any atom is -0.279 e. The third-order valence-corrected chi connectivity index (χ3v) is 5.18. The Kier molecular flexibility index (Phi) is 4.50. The lowest BCUT2D eigenvalue weighted by molar-refractivity contribution is 0.927. The van der Waals surface area contributed by atoms with Crippen molar-refractivity contribution in [3.8, 4) is 11.3 Å². The number of aromatic nitrogens is 2. The van der Waals surface area contributed by atoms with Crippen LogP contribution in [0.15, 0.2) is 58.8 Å². The van der Waals surface area contributed by atoms with Gasteiger partial charge in [-0.2, -0.15) is 0 Å². The van der Waals surface area contributed by atoms with Crippen LogP contribution in [0.3, 0.4) is 0 Å². The SMILES string of the molecule is CSc1ncc2c(n1)-c1ccc(Cl)cc1C(c1ccccc1Cl)=NC2. The van der Waals surface area contributed by atoms with Crippen LogP contribution >= 0.6 is 35.0 Å². The van der Waals surface area contributed by atoms with Crippen LogP contribution in [-0.4, -0.2) is 21.9 Å². The van der Waals surface area contributed by atoms with Crippen molar-refractivity contribution in [3.05, 3.63) is 75.4 Å². The Morgan fingerprint density at radius 2 is 1.84 bits per heavy atom. The molecule has 0 radical (unpaired) electrons. The fraction of sp³-hybridized carbons (Fsp3) is 0.105. The van der Waals surface area contributed by atoms with Gasteiger partial charge in [-0.1, -0.05) is 59.2 Å². The third kappa shape index (κ3) is 3.06. The first-order valence-corrected chi connectivity index (χ1v) is 9.65. The Morgan fingerprint density at radius 1 is 1.00 bits per heavy atom. The Morgan fingerprint density at radius 3 is 2.64 bits per heavy atom. The molecule has 2 aromatic carbocycles. The van der Waals surface area contributed by atoms with E-state index in [1.165, 1.54) is 11.8 Å². The Bertz CT molecular complexity index is 1000. The maximum absolute atomic E-state index is 6.43. The van der Waals surface area contributed by atoms with Crippen LogP contribution in [0.2, 0.25) is 10.0 Å². The van der Waals surface area contributed by atoms with Crippen molar-refractivity contribution in [2.75, 3.05) is 6.26 Å². The second-order valence-electron chi connectivity index (χ2n) is 5.57. The normalized spacial score (nSPS) is 12.8. The molecule has 25 heavy (non-hydrogen) atoms. The molecule has 0 fully saturated rings. The number of hydrogen-bond acceptors (Lipinski definition) is 4. The van der Waals surface area contributed by atoms with E-state index in [-0.39, 0.29) is 0 Å². The molecular formula is C19H13Cl2N3S. The van der Waals surface area contributed by atoms with Gasteiger partial charge in [0.05, 0.1) is 18.0 Å². The highest BCUT2D eigenvalue weighted by atomic mass is 35.5. The Labute approximate surface area is 160 Å². The summed E-state index contributed by atoms with van der Waals surface area (Å²) in [5.41, 5.74) is 5.53. The largest absolute Gasteiger partial charge is 0.279 e. The van der Waals surface area contributed by atoms with E-state index >= 15 is 0 Å². The average molecular weight is 386 g/mol. The zero-order chi connectivity index (χ0) is 17.4. The maximum Gasteiger partial charge on any atom is 0.187 e. The van der Waals surface area contributed by atoms with Gasteiger partial charge in [0.1, 0.15) is 0 Å². The molecule has 0 saturated heterocycles. The standard InChI is InChI=1S/C19H13Cl2N3S/c1-25-19-23-10-11-9-22-18(14-4-2-3-5-16(14)21)15-8-12(20)6-7-13(15)17(11)24-19/h2-8,10H,9H2,1H3. The predicted octanol–water partition coefficient (Wildman–Crippen LogP) is 5.52. The van der Waals surface area contributed by atoms with Crippen LogP contribution in [0.5, 0.6) is 0 Å². The van der Waals surface area contributed by atoms with Crippen molar-refractivity contribution in [1.29, 1.82) is 0 Å². The van der Waals surface area contributed by atoms with E-state index < -0.39 is 0 Å². The van der Waals surface area contributed by atoms with Gasteiger partial charge in [0.25, 0.3) is 0 Å². The van der Waals surface area contributed by atoms with Gasteiger partial charge in [-0.25, -0.2) is 9.97 Å². The predicted molar refractivity (Wildman–Crippen MR) is 105 cm³/mol.